The van der Waals surface area contributed by atoms with E-state index in [0.717, 1.165) is 6.42 Å². The second kappa shape index (κ2) is 6.04. The van der Waals surface area contributed by atoms with Crippen molar-refractivity contribution in [2.75, 3.05) is 6.54 Å². The van der Waals surface area contributed by atoms with Gasteiger partial charge in [-0.05, 0) is 12.3 Å². The fourth-order valence-corrected chi connectivity index (χ4v) is 2.25. The zero-order valence-electron chi connectivity index (χ0n) is 11.1. The van der Waals surface area contributed by atoms with Crippen LogP contribution in [0.3, 0.4) is 0 Å². The Bertz CT molecular complexity index is 319. The molecule has 0 radical (unpaired) electrons. The number of nitrogens with zero attached hydrogens (tertiary/aromatic N) is 1. The molecule has 2 amide bonds. The molecule has 0 aromatic heterocycles. The first-order valence-electron chi connectivity index (χ1n) is 6.34. The van der Waals surface area contributed by atoms with Gasteiger partial charge in [0.15, 0.2) is 0 Å². The van der Waals surface area contributed by atoms with E-state index in [0.29, 0.717) is 0 Å². The molecule has 1 fully saturated rings. The Morgan fingerprint density at radius 2 is 2.06 bits per heavy atom. The Labute approximate surface area is 107 Å². The number of aliphatic hydroxyl groups excluding tert-OH is 1. The summed E-state index contributed by atoms with van der Waals surface area (Å²) in [6.45, 7) is 6.06. The van der Waals surface area contributed by atoms with Crippen molar-refractivity contribution in [3.8, 4) is 0 Å². The molecule has 3 unspecified atom stereocenters. The molecule has 0 spiro atoms. The van der Waals surface area contributed by atoms with Crippen molar-refractivity contribution in [3.05, 3.63) is 0 Å². The van der Waals surface area contributed by atoms with Crippen LogP contribution < -0.4 is 5.32 Å². The van der Waals surface area contributed by atoms with Crippen LogP contribution in [0.15, 0.2) is 0 Å². The van der Waals surface area contributed by atoms with Gasteiger partial charge in [0.2, 0.25) is 0 Å². The molecule has 3 atom stereocenters. The molecule has 1 aliphatic heterocycles. The van der Waals surface area contributed by atoms with Crippen molar-refractivity contribution in [1.29, 1.82) is 0 Å². The number of β-amino-alcohol motifs (C(OH)–C–C–N with tert-alkyl or cyclic N) is 1. The molecule has 6 nitrogen and oxygen atoms in total. The van der Waals surface area contributed by atoms with Gasteiger partial charge in [-0.3, -0.25) is 0 Å². The number of rotatable bonds is 4. The minimum absolute atomic E-state index is 0.0182. The lowest BCUT2D eigenvalue weighted by molar-refractivity contribution is -0.141. The van der Waals surface area contributed by atoms with Crippen molar-refractivity contribution in [2.24, 2.45) is 5.92 Å². The van der Waals surface area contributed by atoms with Gasteiger partial charge >= 0.3 is 12.0 Å². The Balaban J connectivity index is 2.68. The molecule has 3 N–H and O–H groups in total. The van der Waals surface area contributed by atoms with Gasteiger partial charge in [0.25, 0.3) is 0 Å². The van der Waals surface area contributed by atoms with E-state index in [9.17, 15) is 14.7 Å². The monoisotopic (exact) mass is 258 g/mol. The van der Waals surface area contributed by atoms with Crippen molar-refractivity contribution in [2.45, 2.75) is 51.8 Å². The molecule has 0 aromatic rings. The van der Waals surface area contributed by atoms with Gasteiger partial charge in [0.05, 0.1) is 6.10 Å². The van der Waals surface area contributed by atoms with E-state index in [1.165, 1.54) is 4.90 Å². The number of aliphatic hydroxyl groups is 1. The normalized spacial score (nSPS) is 25.3. The summed E-state index contributed by atoms with van der Waals surface area (Å²) in [4.78, 5) is 24.2. The topological polar surface area (TPSA) is 89.9 Å². The summed E-state index contributed by atoms with van der Waals surface area (Å²) in [5.41, 5.74) is 0. The number of likely N-dealkylation sites (tertiary alicyclic amines) is 1. The van der Waals surface area contributed by atoms with Crippen LogP contribution in [0, 0.1) is 5.92 Å². The summed E-state index contributed by atoms with van der Waals surface area (Å²) in [5.74, 6) is -0.783. The Hall–Kier alpha value is -1.30. The van der Waals surface area contributed by atoms with Gasteiger partial charge in [0, 0.05) is 19.0 Å². The molecular weight excluding hydrogens is 236 g/mol. The van der Waals surface area contributed by atoms with Crippen LogP contribution in [0.2, 0.25) is 0 Å². The predicted molar refractivity (Wildman–Crippen MR) is 66.2 cm³/mol. The molecule has 0 bridgehead atoms. The number of carboxylic acid groups (broad SMARTS) is 1. The smallest absolute Gasteiger partial charge is 0.326 e. The highest BCUT2D eigenvalue weighted by molar-refractivity contribution is 5.83. The molecule has 1 saturated heterocycles. The van der Waals surface area contributed by atoms with E-state index in [4.69, 9.17) is 5.11 Å². The molecular formula is C12H22N2O4. The first kappa shape index (κ1) is 14.8. The lowest BCUT2D eigenvalue weighted by atomic mass is 10.0. The average molecular weight is 258 g/mol. The van der Waals surface area contributed by atoms with Crippen LogP contribution in [-0.4, -0.2) is 51.8 Å². The molecule has 0 aliphatic carbocycles. The highest BCUT2D eigenvalue weighted by atomic mass is 16.4. The molecule has 0 saturated carbocycles. The molecule has 1 rings (SSSR count). The van der Waals surface area contributed by atoms with Gasteiger partial charge < -0.3 is 20.4 Å². The van der Waals surface area contributed by atoms with E-state index in [1.807, 2.05) is 20.8 Å². The van der Waals surface area contributed by atoms with E-state index in [2.05, 4.69) is 5.32 Å². The first-order valence-corrected chi connectivity index (χ1v) is 6.34. The zero-order valence-corrected chi connectivity index (χ0v) is 11.1. The van der Waals surface area contributed by atoms with Crippen molar-refractivity contribution in [1.82, 2.24) is 10.2 Å². The number of carbonyl (C=O) groups is 2. The third kappa shape index (κ3) is 3.35. The van der Waals surface area contributed by atoms with Gasteiger partial charge in [-0.2, -0.15) is 0 Å². The SMILES string of the molecule is CCC(NC(=O)N1CC(O)CC1C(=O)O)C(C)C. The summed E-state index contributed by atoms with van der Waals surface area (Å²) in [5, 5.41) is 21.3. The predicted octanol–water partition coefficient (Wildman–Crippen LogP) is 0.650. The lowest BCUT2D eigenvalue weighted by Gasteiger charge is -2.27. The fraction of sp³-hybridized carbons (Fsp3) is 0.833. The summed E-state index contributed by atoms with van der Waals surface area (Å²) >= 11 is 0. The molecule has 18 heavy (non-hydrogen) atoms. The second-order valence-corrected chi connectivity index (χ2v) is 5.10. The quantitative estimate of drug-likeness (QED) is 0.690. The van der Waals surface area contributed by atoms with Crippen molar-refractivity contribution >= 4 is 12.0 Å². The van der Waals surface area contributed by atoms with E-state index >= 15 is 0 Å². The van der Waals surface area contributed by atoms with Crippen LogP contribution in [0.1, 0.15) is 33.6 Å². The maximum absolute atomic E-state index is 12.0. The van der Waals surface area contributed by atoms with E-state index in [1.54, 1.807) is 0 Å². The highest BCUT2D eigenvalue weighted by Gasteiger charge is 2.39. The molecule has 1 aliphatic rings. The van der Waals surface area contributed by atoms with Gasteiger partial charge in [-0.25, -0.2) is 9.59 Å². The number of aliphatic carboxylic acids is 1. The maximum Gasteiger partial charge on any atom is 0.326 e. The fourth-order valence-electron chi connectivity index (χ4n) is 2.25. The van der Waals surface area contributed by atoms with Crippen LogP contribution in [0.5, 0.6) is 0 Å². The standard InChI is InChI=1S/C12H22N2O4/c1-4-9(7(2)3)13-12(18)14-6-8(15)5-10(14)11(16)17/h7-10,15H,4-6H2,1-3H3,(H,13,18)(H,16,17). The van der Waals surface area contributed by atoms with Crippen molar-refractivity contribution in [3.63, 3.8) is 0 Å². The average Bonchev–Trinajstić information content (AvgIpc) is 2.67. The Morgan fingerprint density at radius 3 is 2.50 bits per heavy atom. The molecule has 1 heterocycles. The van der Waals surface area contributed by atoms with Gasteiger partial charge in [-0.1, -0.05) is 20.8 Å². The molecule has 6 heteroatoms. The maximum atomic E-state index is 12.0. The number of amides is 2. The van der Waals surface area contributed by atoms with Crippen LogP contribution in [-0.2, 0) is 4.79 Å². The molecule has 0 aromatic carbocycles. The summed E-state index contributed by atoms with van der Waals surface area (Å²) in [6, 6.07) is -1.31. The van der Waals surface area contributed by atoms with E-state index in [-0.39, 0.29) is 24.9 Å². The van der Waals surface area contributed by atoms with E-state index < -0.39 is 24.1 Å². The zero-order chi connectivity index (χ0) is 13.9. The lowest BCUT2D eigenvalue weighted by Crippen LogP contribution is -2.50. The molecule has 104 valence electrons. The third-order valence-corrected chi connectivity index (χ3v) is 3.38. The first-order chi connectivity index (χ1) is 8.36. The number of hydrogen-bond donors (Lipinski definition) is 3. The van der Waals surface area contributed by atoms with Crippen molar-refractivity contribution < 1.29 is 19.8 Å². The summed E-state index contributed by atoms with van der Waals surface area (Å²) in [6.07, 6.45) is 0.134. The summed E-state index contributed by atoms with van der Waals surface area (Å²) in [7, 11) is 0. The number of carboxylic acids is 1. The Kier molecular flexibility index (Phi) is 4.95. The van der Waals surface area contributed by atoms with Gasteiger partial charge in [0.1, 0.15) is 6.04 Å². The number of urea groups is 1. The van der Waals surface area contributed by atoms with Gasteiger partial charge in [-0.15, -0.1) is 0 Å². The van der Waals surface area contributed by atoms with Crippen LogP contribution >= 0.6 is 0 Å². The third-order valence-electron chi connectivity index (χ3n) is 3.38. The minimum Gasteiger partial charge on any atom is -0.480 e. The largest absolute Gasteiger partial charge is 0.480 e. The number of hydrogen-bond acceptors (Lipinski definition) is 3. The highest BCUT2D eigenvalue weighted by Crippen LogP contribution is 2.19. The van der Waals surface area contributed by atoms with Crippen LogP contribution in [0.25, 0.3) is 0 Å². The number of carbonyl (C=O) groups excluding carboxylic acids is 1. The Morgan fingerprint density at radius 1 is 1.44 bits per heavy atom. The summed E-state index contributed by atoms with van der Waals surface area (Å²) < 4.78 is 0. The van der Waals surface area contributed by atoms with Crippen LogP contribution in [0.4, 0.5) is 4.79 Å². The minimum atomic E-state index is -1.07. The number of nitrogens with one attached hydrogen (secondary N) is 1. The second-order valence-electron chi connectivity index (χ2n) is 5.10.